The van der Waals surface area contributed by atoms with Gasteiger partial charge in [-0.15, -0.1) is 0 Å². The first kappa shape index (κ1) is 55.6. The molecule has 0 aromatic carbocycles. The molecule has 1 rings (SSSR count). The van der Waals surface area contributed by atoms with E-state index in [0.717, 1.165) is 77.0 Å². The van der Waals surface area contributed by atoms with Gasteiger partial charge in [-0.05, 0) is 57.8 Å². The molecule has 1 aliphatic carbocycles. The molecule has 1 fully saturated rings. The highest BCUT2D eigenvalue weighted by Gasteiger charge is 2.51. The summed E-state index contributed by atoms with van der Waals surface area (Å²) in [5.74, 6) is -1.15. The molecule has 1 saturated carbocycles. The van der Waals surface area contributed by atoms with E-state index in [9.17, 15) is 44.6 Å². The van der Waals surface area contributed by atoms with Gasteiger partial charge in [-0.2, -0.15) is 0 Å². The van der Waals surface area contributed by atoms with Gasteiger partial charge in [0.05, 0.1) is 6.61 Å². The Morgan fingerprint density at radius 2 is 0.950 bits per heavy atom. The lowest BCUT2D eigenvalue weighted by molar-refractivity contribution is -0.220. The number of carbonyl (C=O) groups is 2. The number of allylic oxidation sites excluding steroid dienone is 10. The van der Waals surface area contributed by atoms with Gasteiger partial charge in [-0.3, -0.25) is 18.6 Å². The van der Waals surface area contributed by atoms with E-state index in [1.54, 1.807) is 0 Å². The van der Waals surface area contributed by atoms with Crippen molar-refractivity contribution in [3.63, 3.8) is 0 Å². The lowest BCUT2D eigenvalue weighted by Gasteiger charge is -2.41. The molecular formula is C46H79O13P. The van der Waals surface area contributed by atoms with Crippen LogP contribution in [0.25, 0.3) is 0 Å². The Morgan fingerprint density at radius 3 is 1.45 bits per heavy atom. The smallest absolute Gasteiger partial charge is 0.462 e. The third kappa shape index (κ3) is 28.2. The van der Waals surface area contributed by atoms with Crippen LogP contribution in [0.5, 0.6) is 0 Å². The van der Waals surface area contributed by atoms with Gasteiger partial charge < -0.3 is 39.9 Å². The van der Waals surface area contributed by atoms with Crippen molar-refractivity contribution >= 4 is 19.8 Å². The van der Waals surface area contributed by atoms with Gasteiger partial charge in [0, 0.05) is 12.8 Å². The number of unbranched alkanes of at least 4 members (excludes halogenated alkanes) is 17. The Hall–Kier alpha value is -2.45. The molecule has 0 spiro atoms. The molecule has 0 heterocycles. The van der Waals surface area contributed by atoms with Crippen molar-refractivity contribution in [2.24, 2.45) is 0 Å². The Balaban J connectivity index is 2.48. The summed E-state index contributed by atoms with van der Waals surface area (Å²) in [6.45, 7) is 3.12. The Kier molecular flexibility index (Phi) is 33.4. The predicted molar refractivity (Wildman–Crippen MR) is 235 cm³/mol. The molecular weight excluding hydrogens is 791 g/mol. The van der Waals surface area contributed by atoms with Gasteiger partial charge in [-0.25, -0.2) is 4.57 Å². The quantitative estimate of drug-likeness (QED) is 0.0151. The molecule has 60 heavy (non-hydrogen) atoms. The zero-order valence-electron chi connectivity index (χ0n) is 36.5. The average molecular weight is 871 g/mol. The summed E-state index contributed by atoms with van der Waals surface area (Å²) in [6.07, 6.45) is 29.9. The third-order valence-electron chi connectivity index (χ3n) is 10.2. The number of hydrogen-bond acceptors (Lipinski definition) is 12. The lowest BCUT2D eigenvalue weighted by atomic mass is 9.85. The molecule has 0 radical (unpaired) electrons. The van der Waals surface area contributed by atoms with Crippen LogP contribution in [0.15, 0.2) is 60.8 Å². The van der Waals surface area contributed by atoms with Crippen molar-refractivity contribution in [3.05, 3.63) is 60.8 Å². The number of aliphatic hydroxyl groups excluding tert-OH is 5. The molecule has 0 aromatic rings. The highest BCUT2D eigenvalue weighted by Crippen LogP contribution is 2.47. The molecule has 0 bridgehead atoms. The monoisotopic (exact) mass is 871 g/mol. The van der Waals surface area contributed by atoms with E-state index in [4.69, 9.17) is 18.5 Å². The number of hydrogen-bond donors (Lipinski definition) is 6. The number of ether oxygens (including phenoxy) is 2. The predicted octanol–water partition coefficient (Wildman–Crippen LogP) is 8.55. The van der Waals surface area contributed by atoms with Gasteiger partial charge in [0.2, 0.25) is 0 Å². The molecule has 346 valence electrons. The fourth-order valence-corrected chi connectivity index (χ4v) is 7.48. The molecule has 1 aliphatic rings. The van der Waals surface area contributed by atoms with Crippen LogP contribution in [0.3, 0.4) is 0 Å². The molecule has 0 saturated heterocycles. The summed E-state index contributed by atoms with van der Waals surface area (Å²) in [4.78, 5) is 35.6. The Bertz CT molecular complexity index is 1280. The molecule has 0 amide bonds. The summed E-state index contributed by atoms with van der Waals surface area (Å²) >= 11 is 0. The van der Waals surface area contributed by atoms with E-state index < -0.39 is 75.7 Å². The van der Waals surface area contributed by atoms with Crippen LogP contribution in [0, 0.1) is 0 Å². The van der Waals surface area contributed by atoms with Crippen molar-refractivity contribution in [2.75, 3.05) is 13.2 Å². The minimum Gasteiger partial charge on any atom is -0.462 e. The number of aliphatic hydroxyl groups is 5. The number of rotatable bonds is 36. The Morgan fingerprint density at radius 1 is 0.533 bits per heavy atom. The second-order valence-corrected chi connectivity index (χ2v) is 17.0. The van der Waals surface area contributed by atoms with Crippen molar-refractivity contribution in [3.8, 4) is 0 Å². The second-order valence-electron chi connectivity index (χ2n) is 15.6. The standard InChI is InChI=1S/C46H79O13P/c1-3-5-7-9-11-13-15-17-18-19-20-21-23-24-26-28-30-32-34-39(47)56-36-38(37-57-60(54,55)59-46-44(52)42(50)41(49)43(51)45(46)53)58-40(48)35-33-31-29-27-25-22-16-14-12-10-8-6-4-2/h6,8,10,12,14,16,18-21,38,41-46,49-53H,3-5,7,9,11,13,15,17,22-37H2,1-2H3,(H,54,55)/b8-6+,12-10+,16-14+,19-18+,21-20+/t38?,41?,42-,43?,44?,45?,46?/m0/s1. The summed E-state index contributed by atoms with van der Waals surface area (Å²) in [5.41, 5.74) is 0. The zero-order chi connectivity index (χ0) is 44.3. The SMILES string of the molecule is CC/C=C/C=C/C=C/CCCCCCCC(=O)OC(COC(=O)CCCCCCC/C=C/C=C/CCCCCCCCC)COP(=O)(O)OC1C(O)C(O)C(O)[C@H](O)C1O. The maximum absolute atomic E-state index is 12.8. The number of phosphoric acid groups is 1. The van der Waals surface area contributed by atoms with Crippen LogP contribution < -0.4 is 0 Å². The minimum absolute atomic E-state index is 0.0675. The normalized spacial score (nSPS) is 22.7. The average Bonchev–Trinajstić information content (AvgIpc) is 3.23. The van der Waals surface area contributed by atoms with Crippen molar-refractivity contribution < 1.29 is 63.1 Å². The van der Waals surface area contributed by atoms with E-state index >= 15 is 0 Å². The first-order valence-electron chi connectivity index (χ1n) is 22.6. The van der Waals surface area contributed by atoms with Crippen LogP contribution in [0.4, 0.5) is 0 Å². The highest BCUT2D eigenvalue weighted by molar-refractivity contribution is 7.47. The van der Waals surface area contributed by atoms with Crippen LogP contribution in [-0.2, 0) is 32.7 Å². The molecule has 0 aromatic heterocycles. The summed E-state index contributed by atoms with van der Waals surface area (Å²) in [7, 11) is -5.13. The van der Waals surface area contributed by atoms with Crippen molar-refractivity contribution in [1.29, 1.82) is 0 Å². The van der Waals surface area contributed by atoms with Gasteiger partial charge in [0.15, 0.2) is 6.10 Å². The molecule has 7 unspecified atom stereocenters. The zero-order valence-corrected chi connectivity index (χ0v) is 37.4. The topological polar surface area (TPSA) is 210 Å². The first-order chi connectivity index (χ1) is 28.9. The van der Waals surface area contributed by atoms with Crippen molar-refractivity contribution in [2.45, 2.75) is 204 Å². The summed E-state index contributed by atoms with van der Waals surface area (Å²) in [6, 6.07) is 0. The fourth-order valence-electron chi connectivity index (χ4n) is 6.51. The van der Waals surface area contributed by atoms with Crippen LogP contribution in [0.1, 0.15) is 162 Å². The molecule has 13 nitrogen and oxygen atoms in total. The number of phosphoric ester groups is 1. The van der Waals surface area contributed by atoms with Gasteiger partial charge >= 0.3 is 19.8 Å². The van der Waals surface area contributed by atoms with Crippen molar-refractivity contribution in [1.82, 2.24) is 0 Å². The maximum atomic E-state index is 12.8. The van der Waals surface area contributed by atoms with Crippen LogP contribution >= 0.6 is 7.82 Å². The van der Waals surface area contributed by atoms with Gasteiger partial charge in [0.1, 0.15) is 43.2 Å². The largest absolute Gasteiger partial charge is 0.472 e. The van der Waals surface area contributed by atoms with E-state index in [0.29, 0.717) is 12.8 Å². The molecule has 14 heteroatoms. The molecule has 6 N–H and O–H groups in total. The summed E-state index contributed by atoms with van der Waals surface area (Å²) in [5, 5.41) is 50.1. The van der Waals surface area contributed by atoms with E-state index in [1.807, 2.05) is 24.3 Å². The molecule has 0 aliphatic heterocycles. The van der Waals surface area contributed by atoms with Gasteiger partial charge in [-0.1, -0.05) is 152 Å². The third-order valence-corrected chi connectivity index (χ3v) is 11.2. The fraction of sp³-hybridized carbons (Fsp3) is 0.739. The van der Waals surface area contributed by atoms with E-state index in [-0.39, 0.29) is 12.8 Å². The number of carbonyl (C=O) groups excluding carboxylic acids is 2. The van der Waals surface area contributed by atoms with E-state index in [2.05, 4.69) is 50.3 Å². The second kappa shape index (κ2) is 36.1. The minimum atomic E-state index is -5.13. The van der Waals surface area contributed by atoms with E-state index in [1.165, 1.54) is 44.9 Å². The highest BCUT2D eigenvalue weighted by atomic mass is 31.2. The van der Waals surface area contributed by atoms with Crippen LogP contribution in [0.2, 0.25) is 0 Å². The first-order valence-corrected chi connectivity index (χ1v) is 24.1. The summed E-state index contributed by atoms with van der Waals surface area (Å²) < 4.78 is 33.4. The van der Waals surface area contributed by atoms with Gasteiger partial charge in [0.25, 0.3) is 0 Å². The van der Waals surface area contributed by atoms with Crippen LogP contribution in [-0.4, -0.2) is 98.3 Å². The maximum Gasteiger partial charge on any atom is 0.472 e. The molecule has 8 atom stereocenters. The number of esters is 2. The Labute approximate surface area is 360 Å². The lowest BCUT2D eigenvalue weighted by Crippen LogP contribution is -2.64.